The lowest BCUT2D eigenvalue weighted by Gasteiger charge is -2.29. The molecule has 1 heterocycles. The van der Waals surface area contributed by atoms with Gasteiger partial charge in [-0.2, -0.15) is 0 Å². The molecule has 42 heavy (non-hydrogen) atoms. The van der Waals surface area contributed by atoms with Gasteiger partial charge in [-0.15, -0.1) is 0 Å². The van der Waals surface area contributed by atoms with Crippen molar-refractivity contribution in [1.29, 1.82) is 0 Å². The fraction of sp³-hybridized carbons (Fsp3) is 0.400. The number of allylic oxidation sites excluding steroid dienone is 2. The minimum atomic E-state index is -1.11. The summed E-state index contributed by atoms with van der Waals surface area (Å²) >= 11 is 0. The van der Waals surface area contributed by atoms with Crippen LogP contribution in [0, 0.1) is 5.41 Å². The molecule has 5 rings (SSSR count). The second-order valence-electron chi connectivity index (χ2n) is 11.1. The minimum absolute atomic E-state index is 0.0144. The zero-order chi connectivity index (χ0) is 29.7. The van der Waals surface area contributed by atoms with Crippen molar-refractivity contribution in [3.8, 4) is 23.0 Å². The smallest absolute Gasteiger partial charge is 0.172 e. The first-order valence-electron chi connectivity index (χ1n) is 14.6. The maximum atomic E-state index is 14.5. The van der Waals surface area contributed by atoms with E-state index in [0.717, 1.165) is 42.4 Å². The fourth-order valence-electron chi connectivity index (χ4n) is 6.77. The number of carbonyl (C=O) groups is 2. The highest BCUT2D eigenvalue weighted by Gasteiger charge is 2.62. The standard InChI is InChI=1S/C35H39NO6/c1-39-29-14-12-24(20-31(29)41-3)27-16-17-35(34(27)38)28(25-13-15-30(40-2)32(21-25)42-4)19-26(33(35)37)11-7-5-6-9-23-10-8-18-36-22-23/h8,10-15,18,20-22,27-28H,5-7,9,16-17,19H2,1-4H3. The molecule has 0 N–H and O–H groups in total. The molecule has 3 aromatic rings. The molecule has 2 saturated carbocycles. The summed E-state index contributed by atoms with van der Waals surface area (Å²) in [4.78, 5) is 32.9. The number of Topliss-reactive ketones (excluding diaryl/α,β-unsaturated/α-hetero) is 2. The van der Waals surface area contributed by atoms with Crippen molar-refractivity contribution in [1.82, 2.24) is 4.98 Å². The summed E-state index contributed by atoms with van der Waals surface area (Å²) in [7, 11) is 6.37. The van der Waals surface area contributed by atoms with Crippen LogP contribution in [0.4, 0.5) is 0 Å². The highest BCUT2D eigenvalue weighted by Crippen LogP contribution is 2.60. The minimum Gasteiger partial charge on any atom is -0.493 e. The van der Waals surface area contributed by atoms with Gasteiger partial charge in [0.25, 0.3) is 0 Å². The molecule has 2 aliphatic carbocycles. The Morgan fingerprint density at radius 1 is 0.857 bits per heavy atom. The molecule has 3 unspecified atom stereocenters. The Bertz CT molecular complexity index is 1470. The zero-order valence-corrected chi connectivity index (χ0v) is 24.9. The summed E-state index contributed by atoms with van der Waals surface area (Å²) in [5, 5.41) is 0. The van der Waals surface area contributed by atoms with Gasteiger partial charge in [-0.25, -0.2) is 0 Å². The molecular weight excluding hydrogens is 530 g/mol. The second kappa shape index (κ2) is 12.8. The van der Waals surface area contributed by atoms with Crippen LogP contribution in [0.2, 0.25) is 0 Å². The van der Waals surface area contributed by atoms with Crippen LogP contribution < -0.4 is 18.9 Å². The number of nitrogens with zero attached hydrogens (tertiary/aromatic N) is 1. The lowest BCUT2D eigenvalue weighted by atomic mass is 9.70. The lowest BCUT2D eigenvalue weighted by Crippen LogP contribution is -2.37. The Kier molecular flexibility index (Phi) is 8.95. The molecule has 0 radical (unpaired) electrons. The molecule has 3 atom stereocenters. The number of pyridine rings is 1. The first-order valence-corrected chi connectivity index (χ1v) is 14.6. The Labute approximate surface area is 247 Å². The maximum Gasteiger partial charge on any atom is 0.172 e. The van der Waals surface area contributed by atoms with Crippen molar-refractivity contribution in [3.63, 3.8) is 0 Å². The SMILES string of the molecule is COc1ccc(C2CCC3(C(=O)C(=CCCCCc4cccnc4)CC3c3ccc(OC)c(OC)c3)C2=O)cc1OC. The maximum absolute atomic E-state index is 14.5. The third-order valence-electron chi connectivity index (χ3n) is 8.95. The molecule has 0 aliphatic heterocycles. The summed E-state index contributed by atoms with van der Waals surface area (Å²) in [5.41, 5.74) is 2.63. The van der Waals surface area contributed by atoms with Gasteiger partial charge in [-0.1, -0.05) is 24.3 Å². The van der Waals surface area contributed by atoms with Crippen LogP contribution in [0.1, 0.15) is 67.1 Å². The molecule has 0 amide bonds. The van der Waals surface area contributed by atoms with Crippen molar-refractivity contribution in [2.75, 3.05) is 28.4 Å². The highest BCUT2D eigenvalue weighted by molar-refractivity contribution is 6.20. The van der Waals surface area contributed by atoms with E-state index in [-0.39, 0.29) is 17.5 Å². The number of aromatic nitrogens is 1. The van der Waals surface area contributed by atoms with E-state index in [1.54, 1.807) is 34.6 Å². The molecule has 2 fully saturated rings. The Morgan fingerprint density at radius 3 is 2.17 bits per heavy atom. The second-order valence-corrected chi connectivity index (χ2v) is 11.1. The van der Waals surface area contributed by atoms with Crippen molar-refractivity contribution >= 4 is 11.6 Å². The molecule has 0 bridgehead atoms. The molecule has 7 heteroatoms. The van der Waals surface area contributed by atoms with Crippen LogP contribution >= 0.6 is 0 Å². The van der Waals surface area contributed by atoms with Crippen molar-refractivity contribution in [2.45, 2.75) is 56.8 Å². The molecule has 2 aromatic carbocycles. The summed E-state index contributed by atoms with van der Waals surface area (Å²) in [6.07, 6.45) is 11.1. The molecule has 0 saturated heterocycles. The molecule has 220 valence electrons. The number of unbranched alkanes of at least 4 members (excludes halogenated alkanes) is 2. The summed E-state index contributed by atoms with van der Waals surface area (Å²) in [5.74, 6) is 1.68. The third-order valence-corrected chi connectivity index (χ3v) is 8.95. The number of hydrogen-bond donors (Lipinski definition) is 0. The molecule has 1 aromatic heterocycles. The van der Waals surface area contributed by atoms with Crippen LogP contribution in [0.3, 0.4) is 0 Å². The van der Waals surface area contributed by atoms with Crippen LogP contribution in [-0.4, -0.2) is 45.0 Å². The van der Waals surface area contributed by atoms with Gasteiger partial charge >= 0.3 is 0 Å². The quantitative estimate of drug-likeness (QED) is 0.145. The largest absolute Gasteiger partial charge is 0.493 e. The van der Waals surface area contributed by atoms with E-state index in [9.17, 15) is 9.59 Å². The number of methoxy groups -OCH3 is 4. The fourth-order valence-corrected chi connectivity index (χ4v) is 6.77. The number of benzene rings is 2. The first kappa shape index (κ1) is 29.4. The van der Waals surface area contributed by atoms with Gasteiger partial charge in [-0.05, 0) is 97.5 Å². The van der Waals surface area contributed by atoms with E-state index >= 15 is 0 Å². The summed E-state index contributed by atoms with van der Waals surface area (Å²) < 4.78 is 22.0. The van der Waals surface area contributed by atoms with Gasteiger partial charge in [-0.3, -0.25) is 14.6 Å². The normalized spacial score (nSPS) is 22.6. The van der Waals surface area contributed by atoms with Crippen LogP contribution in [0.15, 0.2) is 72.6 Å². The average Bonchev–Trinajstić information content (AvgIpc) is 3.52. The monoisotopic (exact) mass is 569 g/mol. The predicted molar refractivity (Wildman–Crippen MR) is 161 cm³/mol. The number of carbonyl (C=O) groups excluding carboxylic acids is 2. The van der Waals surface area contributed by atoms with E-state index in [0.29, 0.717) is 42.3 Å². The van der Waals surface area contributed by atoms with Gasteiger partial charge in [0, 0.05) is 24.2 Å². The van der Waals surface area contributed by atoms with Gasteiger partial charge in [0.15, 0.2) is 34.6 Å². The predicted octanol–water partition coefficient (Wildman–Crippen LogP) is 6.64. The van der Waals surface area contributed by atoms with Crippen molar-refractivity contribution in [3.05, 3.63) is 89.3 Å². The highest BCUT2D eigenvalue weighted by atomic mass is 16.5. The number of ketones is 2. The average molecular weight is 570 g/mol. The molecule has 2 aliphatic rings. The first-order chi connectivity index (χ1) is 20.5. The lowest BCUT2D eigenvalue weighted by molar-refractivity contribution is -0.136. The van der Waals surface area contributed by atoms with Crippen LogP contribution in [0.25, 0.3) is 0 Å². The Hall–Kier alpha value is -4.13. The van der Waals surface area contributed by atoms with E-state index in [2.05, 4.69) is 17.1 Å². The van der Waals surface area contributed by atoms with Crippen LogP contribution in [0.5, 0.6) is 23.0 Å². The van der Waals surface area contributed by atoms with Gasteiger partial charge in [0.2, 0.25) is 0 Å². The zero-order valence-electron chi connectivity index (χ0n) is 24.9. The molecule has 7 nitrogen and oxygen atoms in total. The van der Waals surface area contributed by atoms with Crippen molar-refractivity contribution in [2.24, 2.45) is 5.41 Å². The van der Waals surface area contributed by atoms with E-state index in [1.165, 1.54) is 5.56 Å². The van der Waals surface area contributed by atoms with E-state index in [4.69, 9.17) is 18.9 Å². The van der Waals surface area contributed by atoms with E-state index < -0.39 is 11.3 Å². The topological polar surface area (TPSA) is 84.0 Å². The molecular formula is C35H39NO6. The van der Waals surface area contributed by atoms with Gasteiger partial charge in [0.1, 0.15) is 0 Å². The van der Waals surface area contributed by atoms with E-state index in [1.807, 2.05) is 48.7 Å². The summed E-state index contributed by atoms with van der Waals surface area (Å²) in [6.45, 7) is 0. The summed E-state index contributed by atoms with van der Waals surface area (Å²) in [6, 6.07) is 15.4. The van der Waals surface area contributed by atoms with Gasteiger partial charge in [0.05, 0.1) is 33.9 Å². The number of aryl methyl sites for hydroxylation is 1. The Balaban J connectivity index is 1.44. The third kappa shape index (κ3) is 5.40. The van der Waals surface area contributed by atoms with Gasteiger partial charge < -0.3 is 18.9 Å². The Morgan fingerprint density at radius 2 is 1.52 bits per heavy atom. The van der Waals surface area contributed by atoms with Crippen LogP contribution in [-0.2, 0) is 16.0 Å². The van der Waals surface area contributed by atoms with Crippen molar-refractivity contribution < 1.29 is 28.5 Å². The number of ether oxygens (including phenoxy) is 4. The molecule has 1 spiro atoms. The number of hydrogen-bond acceptors (Lipinski definition) is 7. The number of rotatable bonds is 11.